The van der Waals surface area contributed by atoms with Gasteiger partial charge in [0.2, 0.25) is 0 Å². The number of aryl methyl sites for hydroxylation is 1. The van der Waals surface area contributed by atoms with Crippen molar-refractivity contribution in [2.45, 2.75) is 32.1 Å². The zero-order valence-electron chi connectivity index (χ0n) is 10.7. The van der Waals surface area contributed by atoms with Gasteiger partial charge < -0.3 is 9.15 Å². The van der Waals surface area contributed by atoms with Crippen LogP contribution in [0.2, 0.25) is 5.02 Å². The van der Waals surface area contributed by atoms with Gasteiger partial charge in [-0.15, -0.1) is 0 Å². The Bertz CT molecular complexity index is 533. The van der Waals surface area contributed by atoms with E-state index in [1.807, 2.05) is 24.5 Å². The Hall–Kier alpha value is -1.48. The summed E-state index contributed by atoms with van der Waals surface area (Å²) >= 11 is 5.99. The van der Waals surface area contributed by atoms with Gasteiger partial charge in [0, 0.05) is 10.4 Å². The van der Waals surface area contributed by atoms with Crippen molar-refractivity contribution < 1.29 is 13.9 Å². The molecule has 0 fully saturated rings. The molecule has 19 heavy (non-hydrogen) atoms. The van der Waals surface area contributed by atoms with E-state index in [2.05, 4.69) is 4.74 Å². The lowest BCUT2D eigenvalue weighted by molar-refractivity contribution is 0.269. The summed E-state index contributed by atoms with van der Waals surface area (Å²) in [6, 6.07) is 5.68. The van der Waals surface area contributed by atoms with Crippen LogP contribution in [0.1, 0.15) is 31.2 Å². The summed E-state index contributed by atoms with van der Waals surface area (Å²) in [6.07, 6.45) is 6.94. The Kier molecular flexibility index (Phi) is 5.28. The minimum absolute atomic E-state index is 0.466. The average molecular weight is 280 g/mol. The molecule has 2 rings (SSSR count). The molecule has 0 aliphatic carbocycles. The highest BCUT2D eigenvalue weighted by atomic mass is 35.5. The maximum atomic E-state index is 9.83. The average Bonchev–Trinajstić information content (AvgIpc) is 2.80. The number of furan rings is 1. The van der Waals surface area contributed by atoms with Crippen molar-refractivity contribution in [3.63, 3.8) is 0 Å². The molecule has 0 spiro atoms. The SMILES string of the molecule is O=[C]OCCCCCCc1coc2ccc(Cl)cc12. The molecule has 0 N–H and O–H groups in total. The fourth-order valence-electron chi connectivity index (χ4n) is 2.13. The first-order valence-corrected chi connectivity index (χ1v) is 6.83. The Balaban J connectivity index is 1.78. The van der Waals surface area contributed by atoms with Crippen LogP contribution in [-0.2, 0) is 16.0 Å². The van der Waals surface area contributed by atoms with E-state index in [1.165, 1.54) is 12.0 Å². The van der Waals surface area contributed by atoms with E-state index in [0.717, 1.165) is 48.1 Å². The molecule has 0 aliphatic heterocycles. The van der Waals surface area contributed by atoms with Crippen LogP contribution in [0, 0.1) is 0 Å². The third kappa shape index (κ3) is 4.00. The Morgan fingerprint density at radius 3 is 2.89 bits per heavy atom. The lowest BCUT2D eigenvalue weighted by atomic mass is 10.1. The molecule has 2 aromatic rings. The summed E-state index contributed by atoms with van der Waals surface area (Å²) in [5, 5.41) is 1.84. The van der Waals surface area contributed by atoms with Crippen LogP contribution in [0.3, 0.4) is 0 Å². The van der Waals surface area contributed by atoms with Crippen molar-refractivity contribution in [3.05, 3.63) is 35.0 Å². The predicted molar refractivity (Wildman–Crippen MR) is 75.0 cm³/mol. The highest BCUT2D eigenvalue weighted by Crippen LogP contribution is 2.25. The minimum atomic E-state index is 0.466. The maximum absolute atomic E-state index is 9.83. The van der Waals surface area contributed by atoms with Gasteiger partial charge in [0.1, 0.15) is 5.58 Å². The Labute approximate surface area is 117 Å². The number of hydrogen-bond donors (Lipinski definition) is 0. The molecule has 0 bridgehead atoms. The summed E-state index contributed by atoms with van der Waals surface area (Å²) < 4.78 is 10.0. The molecule has 0 aliphatic rings. The van der Waals surface area contributed by atoms with Crippen molar-refractivity contribution in [2.24, 2.45) is 0 Å². The molecule has 0 unspecified atom stereocenters. The molecule has 0 atom stereocenters. The molecule has 1 aromatic heterocycles. The highest BCUT2D eigenvalue weighted by Gasteiger charge is 2.06. The van der Waals surface area contributed by atoms with Gasteiger partial charge in [-0.25, -0.2) is 4.79 Å². The number of ether oxygens (including phenoxy) is 1. The lowest BCUT2D eigenvalue weighted by Crippen LogP contribution is -1.92. The van der Waals surface area contributed by atoms with E-state index in [9.17, 15) is 4.79 Å². The van der Waals surface area contributed by atoms with Crippen molar-refractivity contribution in [2.75, 3.05) is 6.61 Å². The van der Waals surface area contributed by atoms with E-state index in [-0.39, 0.29) is 0 Å². The minimum Gasteiger partial charge on any atom is -0.464 e. The van der Waals surface area contributed by atoms with Gasteiger partial charge in [-0.05, 0) is 43.0 Å². The van der Waals surface area contributed by atoms with Crippen LogP contribution in [0.25, 0.3) is 11.0 Å². The number of carbonyl (C=O) groups excluding carboxylic acids is 1. The molecular weight excluding hydrogens is 264 g/mol. The van der Waals surface area contributed by atoms with Crippen LogP contribution >= 0.6 is 11.6 Å². The van der Waals surface area contributed by atoms with E-state index in [1.54, 1.807) is 0 Å². The number of hydrogen-bond acceptors (Lipinski definition) is 3. The molecule has 1 heterocycles. The quantitative estimate of drug-likeness (QED) is 0.677. The second kappa shape index (κ2) is 7.19. The van der Waals surface area contributed by atoms with Gasteiger partial charge in [0.25, 0.3) is 0 Å². The van der Waals surface area contributed by atoms with Gasteiger partial charge in [0.15, 0.2) is 0 Å². The summed E-state index contributed by atoms with van der Waals surface area (Å²) in [7, 11) is 0. The van der Waals surface area contributed by atoms with Gasteiger partial charge in [-0.1, -0.05) is 24.4 Å². The monoisotopic (exact) mass is 279 g/mol. The standard InChI is InChI=1S/C15H16ClO3/c16-13-6-7-15-14(9-13)12(10-19-15)5-3-1-2-4-8-18-11-17/h6-7,9-10H,1-5,8H2. The Morgan fingerprint density at radius 1 is 1.21 bits per heavy atom. The second-order valence-electron chi connectivity index (χ2n) is 4.50. The van der Waals surface area contributed by atoms with Crippen molar-refractivity contribution in [1.29, 1.82) is 0 Å². The first kappa shape index (κ1) is 13.9. The molecule has 0 saturated carbocycles. The number of fused-ring (bicyclic) bond motifs is 1. The number of benzene rings is 1. The van der Waals surface area contributed by atoms with E-state index >= 15 is 0 Å². The number of rotatable bonds is 8. The molecule has 1 radical (unpaired) electrons. The van der Waals surface area contributed by atoms with E-state index in [0.29, 0.717) is 6.61 Å². The van der Waals surface area contributed by atoms with Gasteiger partial charge in [-0.2, -0.15) is 0 Å². The summed E-state index contributed by atoms with van der Waals surface area (Å²) in [6.45, 7) is 1.90. The summed E-state index contributed by atoms with van der Waals surface area (Å²) in [5.41, 5.74) is 2.09. The molecule has 3 nitrogen and oxygen atoms in total. The normalized spacial score (nSPS) is 10.8. The van der Waals surface area contributed by atoms with Crippen LogP contribution in [0.5, 0.6) is 0 Å². The third-order valence-electron chi connectivity index (χ3n) is 3.12. The van der Waals surface area contributed by atoms with Crippen molar-refractivity contribution in [1.82, 2.24) is 0 Å². The number of unbranched alkanes of at least 4 members (excludes halogenated alkanes) is 3. The lowest BCUT2D eigenvalue weighted by Gasteiger charge is -2.00. The van der Waals surface area contributed by atoms with E-state index < -0.39 is 0 Å². The molecular formula is C15H16ClO3. The zero-order chi connectivity index (χ0) is 13.5. The first-order chi connectivity index (χ1) is 9.31. The smallest absolute Gasteiger partial charge is 0.417 e. The maximum Gasteiger partial charge on any atom is 0.417 e. The zero-order valence-corrected chi connectivity index (χ0v) is 11.4. The molecule has 0 amide bonds. The van der Waals surface area contributed by atoms with Crippen molar-refractivity contribution in [3.8, 4) is 0 Å². The fraction of sp³-hybridized carbons (Fsp3) is 0.400. The van der Waals surface area contributed by atoms with Gasteiger partial charge in [0.05, 0.1) is 12.9 Å². The summed E-state index contributed by atoms with van der Waals surface area (Å²) in [4.78, 5) is 9.83. The molecule has 101 valence electrons. The summed E-state index contributed by atoms with van der Waals surface area (Å²) in [5.74, 6) is 0. The molecule has 0 saturated heterocycles. The topological polar surface area (TPSA) is 39.4 Å². The van der Waals surface area contributed by atoms with Gasteiger partial charge in [-0.3, -0.25) is 0 Å². The van der Waals surface area contributed by atoms with E-state index in [4.69, 9.17) is 16.0 Å². The van der Waals surface area contributed by atoms with Crippen LogP contribution in [0.4, 0.5) is 0 Å². The Morgan fingerprint density at radius 2 is 2.05 bits per heavy atom. The predicted octanol–water partition coefficient (Wildman–Crippen LogP) is 4.27. The molecule has 4 heteroatoms. The van der Waals surface area contributed by atoms with Crippen LogP contribution in [-0.4, -0.2) is 13.1 Å². The third-order valence-corrected chi connectivity index (χ3v) is 3.35. The fourth-order valence-corrected chi connectivity index (χ4v) is 2.30. The largest absolute Gasteiger partial charge is 0.464 e. The van der Waals surface area contributed by atoms with Crippen LogP contribution in [0.15, 0.2) is 28.9 Å². The molecule has 1 aromatic carbocycles. The highest BCUT2D eigenvalue weighted by molar-refractivity contribution is 6.31. The van der Waals surface area contributed by atoms with Crippen molar-refractivity contribution >= 4 is 29.0 Å². The van der Waals surface area contributed by atoms with Gasteiger partial charge >= 0.3 is 6.47 Å². The van der Waals surface area contributed by atoms with Crippen LogP contribution < -0.4 is 0 Å². The number of halogens is 1. The first-order valence-electron chi connectivity index (χ1n) is 6.46. The second-order valence-corrected chi connectivity index (χ2v) is 4.93.